The SMILES string of the molecule is CCCCCCNC(=O)C(CO)C1CC(O)CC(CO)O1. The fraction of sp³-hybridized carbons (Fsp3) is 0.933. The molecule has 0 aromatic carbocycles. The van der Waals surface area contributed by atoms with E-state index in [4.69, 9.17) is 9.84 Å². The maximum atomic E-state index is 12.1. The number of hydrogen-bond acceptors (Lipinski definition) is 5. The molecule has 1 saturated heterocycles. The number of unbranched alkanes of at least 4 members (excludes halogenated alkanes) is 3. The van der Waals surface area contributed by atoms with Crippen molar-refractivity contribution < 1.29 is 24.9 Å². The fourth-order valence-corrected chi connectivity index (χ4v) is 2.67. The van der Waals surface area contributed by atoms with Gasteiger partial charge < -0.3 is 25.4 Å². The summed E-state index contributed by atoms with van der Waals surface area (Å²) < 4.78 is 5.59. The lowest BCUT2D eigenvalue weighted by atomic mass is 9.91. The highest BCUT2D eigenvalue weighted by Gasteiger charge is 2.36. The Morgan fingerprint density at radius 2 is 2.05 bits per heavy atom. The number of amides is 1. The molecule has 1 fully saturated rings. The van der Waals surface area contributed by atoms with E-state index in [2.05, 4.69) is 12.2 Å². The summed E-state index contributed by atoms with van der Waals surface area (Å²) in [4.78, 5) is 12.1. The van der Waals surface area contributed by atoms with Gasteiger partial charge >= 0.3 is 0 Å². The molecule has 4 N–H and O–H groups in total. The van der Waals surface area contributed by atoms with E-state index < -0.39 is 24.2 Å². The van der Waals surface area contributed by atoms with Crippen molar-refractivity contribution in [1.82, 2.24) is 5.32 Å². The van der Waals surface area contributed by atoms with E-state index in [1.54, 1.807) is 0 Å². The minimum absolute atomic E-state index is 0.190. The minimum atomic E-state index is -0.694. The van der Waals surface area contributed by atoms with Crippen LogP contribution in [0.15, 0.2) is 0 Å². The van der Waals surface area contributed by atoms with E-state index in [-0.39, 0.29) is 19.1 Å². The molecule has 0 aromatic rings. The summed E-state index contributed by atoms with van der Waals surface area (Å²) in [6, 6.07) is 0. The van der Waals surface area contributed by atoms with Crippen LogP contribution in [0.25, 0.3) is 0 Å². The van der Waals surface area contributed by atoms with Crippen LogP contribution in [0.4, 0.5) is 0 Å². The summed E-state index contributed by atoms with van der Waals surface area (Å²) in [5, 5.41) is 31.2. The second kappa shape index (κ2) is 10.1. The van der Waals surface area contributed by atoms with Crippen LogP contribution < -0.4 is 5.32 Å². The number of aliphatic hydroxyl groups excluding tert-OH is 3. The quantitative estimate of drug-likeness (QED) is 0.456. The molecule has 4 unspecified atom stereocenters. The van der Waals surface area contributed by atoms with Crippen molar-refractivity contribution in [2.24, 2.45) is 5.92 Å². The molecule has 0 radical (unpaired) electrons. The van der Waals surface area contributed by atoms with E-state index in [0.29, 0.717) is 19.4 Å². The van der Waals surface area contributed by atoms with Gasteiger partial charge in [-0.2, -0.15) is 0 Å². The highest BCUT2D eigenvalue weighted by Crippen LogP contribution is 2.25. The third-order valence-electron chi connectivity index (χ3n) is 3.92. The first-order valence-electron chi connectivity index (χ1n) is 7.95. The van der Waals surface area contributed by atoms with Crippen molar-refractivity contribution >= 4 is 5.91 Å². The first-order valence-corrected chi connectivity index (χ1v) is 7.95. The van der Waals surface area contributed by atoms with Crippen LogP contribution in [0.3, 0.4) is 0 Å². The Kier molecular flexibility index (Phi) is 8.84. The summed E-state index contributed by atoms with van der Waals surface area (Å²) in [6.07, 6.45) is 3.34. The molecule has 1 heterocycles. The topological polar surface area (TPSA) is 99.0 Å². The molecule has 0 saturated carbocycles. The lowest BCUT2D eigenvalue weighted by molar-refractivity contribution is -0.153. The zero-order chi connectivity index (χ0) is 15.7. The van der Waals surface area contributed by atoms with E-state index in [9.17, 15) is 15.0 Å². The van der Waals surface area contributed by atoms with Crippen molar-refractivity contribution in [3.8, 4) is 0 Å². The van der Waals surface area contributed by atoms with Crippen LogP contribution in [0.2, 0.25) is 0 Å². The molecule has 1 aliphatic rings. The molecule has 124 valence electrons. The van der Waals surface area contributed by atoms with Gasteiger partial charge in [0.05, 0.1) is 37.4 Å². The van der Waals surface area contributed by atoms with Gasteiger partial charge in [0.1, 0.15) is 0 Å². The van der Waals surface area contributed by atoms with Crippen LogP contribution in [0.5, 0.6) is 0 Å². The smallest absolute Gasteiger partial charge is 0.228 e. The number of rotatable bonds is 9. The molecule has 4 atom stereocenters. The highest BCUT2D eigenvalue weighted by molar-refractivity contribution is 5.79. The number of ether oxygens (including phenoxy) is 1. The minimum Gasteiger partial charge on any atom is -0.395 e. The summed E-state index contributed by atoms with van der Waals surface area (Å²) in [5.41, 5.74) is 0. The Morgan fingerprint density at radius 1 is 1.29 bits per heavy atom. The van der Waals surface area contributed by atoms with E-state index in [1.807, 2.05) is 0 Å². The third kappa shape index (κ3) is 6.30. The zero-order valence-corrected chi connectivity index (χ0v) is 12.8. The Bertz CT molecular complexity index is 300. The van der Waals surface area contributed by atoms with Gasteiger partial charge in [-0.15, -0.1) is 0 Å². The van der Waals surface area contributed by atoms with E-state index >= 15 is 0 Å². The summed E-state index contributed by atoms with van der Waals surface area (Å²) in [7, 11) is 0. The van der Waals surface area contributed by atoms with Gasteiger partial charge in [0, 0.05) is 19.4 Å². The van der Waals surface area contributed by atoms with Crippen molar-refractivity contribution in [3.63, 3.8) is 0 Å². The molecule has 0 aromatic heterocycles. The monoisotopic (exact) mass is 303 g/mol. The third-order valence-corrected chi connectivity index (χ3v) is 3.92. The predicted molar refractivity (Wildman–Crippen MR) is 78.7 cm³/mol. The largest absolute Gasteiger partial charge is 0.395 e. The van der Waals surface area contributed by atoms with Gasteiger partial charge in [-0.05, 0) is 6.42 Å². The molecule has 1 amide bonds. The first kappa shape index (κ1) is 18.4. The Hall–Kier alpha value is -0.690. The van der Waals surface area contributed by atoms with Gasteiger partial charge in [0.25, 0.3) is 0 Å². The Balaban J connectivity index is 2.42. The number of aliphatic hydroxyl groups is 3. The normalized spacial score (nSPS) is 27.3. The molecule has 6 nitrogen and oxygen atoms in total. The highest BCUT2D eigenvalue weighted by atomic mass is 16.5. The lowest BCUT2D eigenvalue weighted by Gasteiger charge is -2.35. The van der Waals surface area contributed by atoms with Crippen LogP contribution in [0, 0.1) is 5.92 Å². The van der Waals surface area contributed by atoms with Crippen LogP contribution in [-0.4, -0.2) is 59.3 Å². The summed E-state index contributed by atoms with van der Waals surface area (Å²) in [6.45, 7) is 2.21. The molecule has 0 aliphatic carbocycles. The predicted octanol–water partition coefficient (Wildman–Crippen LogP) is 0.192. The second-order valence-corrected chi connectivity index (χ2v) is 5.75. The van der Waals surface area contributed by atoms with E-state index in [1.165, 1.54) is 0 Å². The van der Waals surface area contributed by atoms with Crippen LogP contribution >= 0.6 is 0 Å². The van der Waals surface area contributed by atoms with Gasteiger partial charge in [0.15, 0.2) is 0 Å². The number of carbonyl (C=O) groups is 1. The fourth-order valence-electron chi connectivity index (χ4n) is 2.67. The van der Waals surface area contributed by atoms with Gasteiger partial charge in [0.2, 0.25) is 5.91 Å². The number of nitrogens with one attached hydrogen (secondary N) is 1. The summed E-state index contributed by atoms with van der Waals surface area (Å²) in [5.74, 6) is -0.940. The van der Waals surface area contributed by atoms with Crippen LogP contribution in [0.1, 0.15) is 45.4 Å². The van der Waals surface area contributed by atoms with E-state index in [0.717, 1.165) is 25.7 Å². The van der Waals surface area contributed by atoms with Crippen LogP contribution in [-0.2, 0) is 9.53 Å². The van der Waals surface area contributed by atoms with Gasteiger partial charge in [-0.25, -0.2) is 0 Å². The van der Waals surface area contributed by atoms with Gasteiger partial charge in [-0.1, -0.05) is 26.2 Å². The molecule has 6 heteroatoms. The average molecular weight is 303 g/mol. The van der Waals surface area contributed by atoms with Crippen molar-refractivity contribution in [2.75, 3.05) is 19.8 Å². The Morgan fingerprint density at radius 3 is 2.67 bits per heavy atom. The zero-order valence-electron chi connectivity index (χ0n) is 12.8. The molecular weight excluding hydrogens is 274 g/mol. The molecule has 0 bridgehead atoms. The maximum Gasteiger partial charge on any atom is 0.228 e. The number of carbonyl (C=O) groups excluding carboxylic acids is 1. The van der Waals surface area contributed by atoms with Gasteiger partial charge in [-0.3, -0.25) is 4.79 Å². The van der Waals surface area contributed by atoms with Crippen molar-refractivity contribution in [1.29, 1.82) is 0 Å². The molecule has 1 rings (SSSR count). The maximum absolute atomic E-state index is 12.1. The number of hydrogen-bond donors (Lipinski definition) is 4. The molecule has 0 spiro atoms. The first-order chi connectivity index (χ1) is 10.1. The summed E-state index contributed by atoms with van der Waals surface area (Å²) >= 11 is 0. The Labute approximate surface area is 126 Å². The van der Waals surface area contributed by atoms with Crippen molar-refractivity contribution in [3.05, 3.63) is 0 Å². The lowest BCUT2D eigenvalue weighted by Crippen LogP contribution is -2.47. The average Bonchev–Trinajstić information content (AvgIpc) is 2.47. The standard InChI is InChI=1S/C15H29NO5/c1-2-3-4-5-6-16-15(20)13(10-18)14-8-11(19)7-12(9-17)21-14/h11-14,17-19H,2-10H2,1H3,(H,16,20). The van der Waals surface area contributed by atoms with Crippen molar-refractivity contribution in [2.45, 2.75) is 63.8 Å². The second-order valence-electron chi connectivity index (χ2n) is 5.75. The molecule has 1 aliphatic heterocycles. The molecule has 21 heavy (non-hydrogen) atoms. The molecular formula is C15H29NO5.